The van der Waals surface area contributed by atoms with Crippen LogP contribution < -0.4 is 0 Å². The van der Waals surface area contributed by atoms with E-state index in [-0.39, 0.29) is 11.0 Å². The van der Waals surface area contributed by atoms with Crippen molar-refractivity contribution in [2.75, 3.05) is 0 Å². The van der Waals surface area contributed by atoms with Crippen LogP contribution in [0.5, 0.6) is 0 Å². The van der Waals surface area contributed by atoms with Crippen LogP contribution in [0.4, 0.5) is 0 Å². The van der Waals surface area contributed by atoms with Gasteiger partial charge in [-0.25, -0.2) is 0 Å². The van der Waals surface area contributed by atoms with Crippen molar-refractivity contribution >= 4 is 10.1 Å². The first-order valence-electron chi connectivity index (χ1n) is 9.58. The van der Waals surface area contributed by atoms with Crippen LogP contribution in [0.1, 0.15) is 84.5 Å². The average Bonchev–Trinajstić information content (AvgIpc) is 2.58. The van der Waals surface area contributed by atoms with Gasteiger partial charge >= 0.3 is 0 Å². The first-order valence-corrected chi connectivity index (χ1v) is 11.0. The summed E-state index contributed by atoms with van der Waals surface area (Å²) < 4.78 is 30.2. The summed E-state index contributed by atoms with van der Waals surface area (Å²) in [6.45, 7) is 4.30. The molecule has 0 aliphatic rings. The van der Waals surface area contributed by atoms with Crippen molar-refractivity contribution in [1.82, 2.24) is 0 Å². The Morgan fingerprint density at radius 2 is 1.38 bits per heavy atom. The zero-order valence-corrected chi connectivity index (χ0v) is 16.2. The second-order valence-corrected chi connectivity index (χ2v) is 8.11. The molecule has 0 saturated carbocycles. The second-order valence-electron chi connectivity index (χ2n) is 6.54. The molecule has 138 valence electrons. The fourth-order valence-electron chi connectivity index (χ4n) is 2.89. The molecule has 1 aromatic carbocycles. The predicted octanol–water partition coefficient (Wildman–Crippen LogP) is 6.09. The van der Waals surface area contributed by atoms with Crippen LogP contribution in [0.3, 0.4) is 0 Å². The molecule has 1 atom stereocenters. The van der Waals surface area contributed by atoms with Crippen molar-refractivity contribution < 1.29 is 12.6 Å². The van der Waals surface area contributed by atoms with Crippen molar-refractivity contribution in [2.45, 2.75) is 95.5 Å². The fourth-order valence-corrected chi connectivity index (χ4v) is 4.04. The maximum Gasteiger partial charge on any atom is 0.297 e. The molecule has 0 amide bonds. The van der Waals surface area contributed by atoms with Gasteiger partial charge < -0.3 is 0 Å². The Kier molecular flexibility index (Phi) is 11.0. The summed E-state index contributed by atoms with van der Waals surface area (Å²) in [6.07, 6.45) is 12.4. The molecule has 24 heavy (non-hydrogen) atoms. The molecule has 1 aromatic rings. The SMILES string of the molecule is CCCCCCCCCCC(CCC)OS(=O)(=O)c1ccccc1. The van der Waals surface area contributed by atoms with E-state index in [1.165, 1.54) is 44.9 Å². The predicted molar refractivity (Wildman–Crippen MR) is 101 cm³/mol. The lowest BCUT2D eigenvalue weighted by Gasteiger charge is -2.17. The van der Waals surface area contributed by atoms with Gasteiger partial charge in [0.25, 0.3) is 10.1 Å². The molecule has 0 radical (unpaired) electrons. The van der Waals surface area contributed by atoms with E-state index in [1.54, 1.807) is 24.3 Å². The number of unbranched alkanes of at least 4 members (excludes halogenated alkanes) is 7. The smallest absolute Gasteiger partial charge is 0.263 e. The minimum atomic E-state index is -3.64. The Hall–Kier alpha value is -0.870. The maximum atomic E-state index is 12.3. The van der Waals surface area contributed by atoms with Gasteiger partial charge in [0.05, 0.1) is 11.0 Å². The topological polar surface area (TPSA) is 43.4 Å². The molecule has 0 aliphatic heterocycles. The van der Waals surface area contributed by atoms with Crippen molar-refractivity contribution in [2.24, 2.45) is 0 Å². The van der Waals surface area contributed by atoms with E-state index in [0.29, 0.717) is 0 Å². The van der Waals surface area contributed by atoms with Crippen molar-refractivity contribution in [3.63, 3.8) is 0 Å². The molecule has 0 aliphatic carbocycles. The minimum absolute atomic E-state index is 0.194. The summed E-state index contributed by atoms with van der Waals surface area (Å²) in [5, 5.41) is 0. The highest BCUT2D eigenvalue weighted by molar-refractivity contribution is 7.86. The van der Waals surface area contributed by atoms with Crippen LogP contribution in [-0.4, -0.2) is 14.5 Å². The molecule has 4 heteroatoms. The summed E-state index contributed by atoms with van der Waals surface area (Å²) >= 11 is 0. The summed E-state index contributed by atoms with van der Waals surface area (Å²) in [5.74, 6) is 0. The average molecular weight is 355 g/mol. The third-order valence-electron chi connectivity index (χ3n) is 4.28. The molecule has 0 bridgehead atoms. The van der Waals surface area contributed by atoms with Crippen LogP contribution in [0.25, 0.3) is 0 Å². The fraction of sp³-hybridized carbons (Fsp3) is 0.700. The van der Waals surface area contributed by atoms with Gasteiger partial charge in [0, 0.05) is 0 Å². The Morgan fingerprint density at radius 1 is 0.792 bits per heavy atom. The third kappa shape index (κ3) is 8.84. The van der Waals surface area contributed by atoms with Crippen LogP contribution in [0.2, 0.25) is 0 Å². The van der Waals surface area contributed by atoms with Gasteiger partial charge in [-0.3, -0.25) is 4.18 Å². The largest absolute Gasteiger partial charge is 0.297 e. The molecule has 0 spiro atoms. The Morgan fingerprint density at radius 3 is 1.96 bits per heavy atom. The Bertz CT molecular complexity index is 511. The lowest BCUT2D eigenvalue weighted by atomic mass is 10.0. The monoisotopic (exact) mass is 354 g/mol. The minimum Gasteiger partial charge on any atom is -0.263 e. The molecule has 0 saturated heterocycles. The summed E-state index contributed by atoms with van der Waals surface area (Å²) in [4.78, 5) is 0.252. The van der Waals surface area contributed by atoms with Gasteiger partial charge in [-0.05, 0) is 25.0 Å². The molecule has 1 unspecified atom stereocenters. The molecule has 0 aromatic heterocycles. The standard InChI is InChI=1S/C20H34O3S/c1-3-5-6-7-8-9-10-12-16-19(15-4-2)23-24(21,22)20-17-13-11-14-18-20/h11,13-14,17-19H,3-10,12,15-16H2,1-2H3. The van der Waals surface area contributed by atoms with E-state index < -0.39 is 10.1 Å². The van der Waals surface area contributed by atoms with Crippen LogP contribution in [-0.2, 0) is 14.3 Å². The van der Waals surface area contributed by atoms with Crippen molar-refractivity contribution in [3.05, 3.63) is 30.3 Å². The first kappa shape index (κ1) is 21.2. The molecule has 0 heterocycles. The summed E-state index contributed by atoms with van der Waals surface area (Å²) in [5.41, 5.74) is 0. The molecule has 1 rings (SSSR count). The molecular formula is C20H34O3S. The third-order valence-corrected chi connectivity index (χ3v) is 5.66. The van der Waals surface area contributed by atoms with E-state index in [9.17, 15) is 8.42 Å². The van der Waals surface area contributed by atoms with Crippen LogP contribution in [0, 0.1) is 0 Å². The van der Waals surface area contributed by atoms with E-state index in [2.05, 4.69) is 13.8 Å². The zero-order valence-electron chi connectivity index (χ0n) is 15.4. The first-order chi connectivity index (χ1) is 11.6. The van der Waals surface area contributed by atoms with Gasteiger partial charge in [-0.15, -0.1) is 0 Å². The second kappa shape index (κ2) is 12.5. The molecule has 0 N–H and O–H groups in total. The Balaban J connectivity index is 2.33. The summed E-state index contributed by atoms with van der Waals surface area (Å²) in [6, 6.07) is 8.44. The van der Waals surface area contributed by atoms with Crippen molar-refractivity contribution in [1.29, 1.82) is 0 Å². The van der Waals surface area contributed by atoms with Gasteiger partial charge in [0.2, 0.25) is 0 Å². The normalized spacial score (nSPS) is 13.1. The van der Waals surface area contributed by atoms with Crippen LogP contribution >= 0.6 is 0 Å². The molecule has 3 nitrogen and oxygen atoms in total. The van der Waals surface area contributed by atoms with E-state index in [1.807, 2.05) is 6.07 Å². The van der Waals surface area contributed by atoms with E-state index in [4.69, 9.17) is 4.18 Å². The quantitative estimate of drug-likeness (QED) is 0.300. The Labute approximate surface area is 148 Å². The summed E-state index contributed by atoms with van der Waals surface area (Å²) in [7, 11) is -3.64. The van der Waals surface area contributed by atoms with Gasteiger partial charge in [-0.2, -0.15) is 8.42 Å². The lowest BCUT2D eigenvalue weighted by molar-refractivity contribution is 0.183. The molecular weight excluding hydrogens is 320 g/mol. The number of benzene rings is 1. The lowest BCUT2D eigenvalue weighted by Crippen LogP contribution is -2.18. The number of hydrogen-bond donors (Lipinski definition) is 0. The number of hydrogen-bond acceptors (Lipinski definition) is 3. The van der Waals surface area contributed by atoms with Crippen LogP contribution in [0.15, 0.2) is 35.2 Å². The van der Waals surface area contributed by atoms with Crippen molar-refractivity contribution in [3.8, 4) is 0 Å². The zero-order chi connectivity index (χ0) is 17.7. The van der Waals surface area contributed by atoms with Gasteiger partial charge in [0.15, 0.2) is 0 Å². The van der Waals surface area contributed by atoms with E-state index >= 15 is 0 Å². The van der Waals surface area contributed by atoms with Gasteiger partial charge in [0.1, 0.15) is 0 Å². The molecule has 0 fully saturated rings. The van der Waals surface area contributed by atoms with E-state index in [0.717, 1.165) is 25.7 Å². The highest BCUT2D eigenvalue weighted by Crippen LogP contribution is 2.20. The maximum absolute atomic E-state index is 12.3. The highest BCUT2D eigenvalue weighted by atomic mass is 32.2. The number of rotatable bonds is 14. The van der Waals surface area contributed by atoms with Gasteiger partial charge in [-0.1, -0.05) is 89.8 Å². The highest BCUT2D eigenvalue weighted by Gasteiger charge is 2.20.